The van der Waals surface area contributed by atoms with Crippen LogP contribution >= 0.6 is 0 Å². The van der Waals surface area contributed by atoms with Gasteiger partial charge in [0.05, 0.1) is 6.10 Å². The topological polar surface area (TPSA) is 20.2 Å². The fourth-order valence-electron chi connectivity index (χ4n) is 2.01. The van der Waals surface area contributed by atoms with Crippen molar-refractivity contribution in [3.8, 4) is 0 Å². The van der Waals surface area contributed by atoms with Crippen molar-refractivity contribution in [3.63, 3.8) is 0 Å². The molecule has 2 rings (SSSR count). The Morgan fingerprint density at radius 2 is 1.92 bits per heavy atom. The summed E-state index contributed by atoms with van der Waals surface area (Å²) in [6.07, 6.45) is 7.90. The zero-order valence-electron chi connectivity index (χ0n) is 8.00. The van der Waals surface area contributed by atoms with E-state index in [9.17, 15) is 5.11 Å². The van der Waals surface area contributed by atoms with Crippen molar-refractivity contribution in [1.82, 2.24) is 0 Å². The van der Waals surface area contributed by atoms with Crippen LogP contribution < -0.4 is 0 Å². The molecule has 0 aromatic rings. The van der Waals surface area contributed by atoms with Crippen molar-refractivity contribution in [2.45, 2.75) is 51.6 Å². The summed E-state index contributed by atoms with van der Waals surface area (Å²) in [6, 6.07) is 0. The average molecular weight is 168 g/mol. The molecule has 1 heteroatoms. The lowest BCUT2D eigenvalue weighted by Crippen LogP contribution is -2.19. The summed E-state index contributed by atoms with van der Waals surface area (Å²) in [6.45, 7) is 2.22. The minimum atomic E-state index is -0.00176. The highest BCUT2D eigenvalue weighted by Gasteiger charge is 2.33. The van der Waals surface area contributed by atoms with E-state index >= 15 is 0 Å². The van der Waals surface area contributed by atoms with Crippen molar-refractivity contribution in [2.75, 3.05) is 0 Å². The van der Waals surface area contributed by atoms with Gasteiger partial charge in [0, 0.05) is 0 Å². The predicted molar refractivity (Wildman–Crippen MR) is 49.9 cm³/mol. The number of rotatable bonds is 5. The van der Waals surface area contributed by atoms with Crippen molar-refractivity contribution in [2.24, 2.45) is 17.8 Å². The van der Waals surface area contributed by atoms with E-state index in [1.54, 1.807) is 0 Å². The molecule has 0 bridgehead atoms. The van der Waals surface area contributed by atoms with E-state index in [2.05, 4.69) is 6.92 Å². The summed E-state index contributed by atoms with van der Waals surface area (Å²) < 4.78 is 0. The van der Waals surface area contributed by atoms with Crippen molar-refractivity contribution >= 4 is 0 Å². The molecule has 2 atom stereocenters. The summed E-state index contributed by atoms with van der Waals surface area (Å²) in [4.78, 5) is 0. The Hall–Kier alpha value is -0.0400. The zero-order chi connectivity index (χ0) is 8.55. The van der Waals surface area contributed by atoms with Crippen LogP contribution in [0.3, 0.4) is 0 Å². The summed E-state index contributed by atoms with van der Waals surface area (Å²) in [7, 11) is 0. The van der Waals surface area contributed by atoms with Gasteiger partial charge in [-0.2, -0.15) is 0 Å². The van der Waals surface area contributed by atoms with Crippen molar-refractivity contribution < 1.29 is 5.11 Å². The molecule has 0 radical (unpaired) electrons. The number of aliphatic hydroxyl groups excluding tert-OH is 1. The van der Waals surface area contributed by atoms with Gasteiger partial charge in [-0.25, -0.2) is 0 Å². The lowest BCUT2D eigenvalue weighted by molar-refractivity contribution is 0.0929. The van der Waals surface area contributed by atoms with E-state index < -0.39 is 0 Å². The first kappa shape index (κ1) is 8.55. The third kappa shape index (κ3) is 2.22. The van der Waals surface area contributed by atoms with Crippen LogP contribution in [-0.4, -0.2) is 11.2 Å². The molecule has 0 aromatic heterocycles. The molecule has 12 heavy (non-hydrogen) atoms. The van der Waals surface area contributed by atoms with Gasteiger partial charge in [-0.1, -0.05) is 19.8 Å². The maximum Gasteiger partial charge on any atom is 0.0568 e. The van der Waals surface area contributed by atoms with Crippen LogP contribution in [0.2, 0.25) is 0 Å². The predicted octanol–water partition coefficient (Wildman–Crippen LogP) is 2.58. The molecule has 0 aliphatic heterocycles. The standard InChI is InChI=1S/C11H20O/c1-8(10-5-6-10)11(12)7-4-9-2-3-9/h8-12H,2-7H2,1H3. The largest absolute Gasteiger partial charge is 0.393 e. The third-order valence-electron chi connectivity index (χ3n) is 3.54. The van der Waals surface area contributed by atoms with Gasteiger partial charge in [0.25, 0.3) is 0 Å². The van der Waals surface area contributed by atoms with E-state index in [1.807, 2.05) is 0 Å². The second-order valence-electron chi connectivity index (χ2n) is 4.78. The fourth-order valence-corrected chi connectivity index (χ4v) is 2.01. The molecule has 2 fully saturated rings. The maximum atomic E-state index is 9.80. The summed E-state index contributed by atoms with van der Waals surface area (Å²) in [5.74, 6) is 2.41. The molecular weight excluding hydrogens is 148 g/mol. The Morgan fingerprint density at radius 3 is 2.42 bits per heavy atom. The van der Waals surface area contributed by atoms with Crippen molar-refractivity contribution in [3.05, 3.63) is 0 Å². The molecule has 2 unspecified atom stereocenters. The fraction of sp³-hybridized carbons (Fsp3) is 1.00. The van der Waals surface area contributed by atoms with Crippen LogP contribution in [-0.2, 0) is 0 Å². The van der Waals surface area contributed by atoms with Gasteiger partial charge in [-0.3, -0.25) is 0 Å². The van der Waals surface area contributed by atoms with Gasteiger partial charge in [-0.15, -0.1) is 0 Å². The molecule has 1 N–H and O–H groups in total. The molecule has 70 valence electrons. The summed E-state index contributed by atoms with van der Waals surface area (Å²) in [5, 5.41) is 9.80. The average Bonchev–Trinajstić information content (AvgIpc) is 2.85. The summed E-state index contributed by atoms with van der Waals surface area (Å²) >= 11 is 0. The molecule has 0 heterocycles. The smallest absolute Gasteiger partial charge is 0.0568 e. The van der Waals surface area contributed by atoms with E-state index in [4.69, 9.17) is 0 Å². The number of hydrogen-bond donors (Lipinski definition) is 1. The first-order chi connectivity index (χ1) is 5.77. The lowest BCUT2D eigenvalue weighted by atomic mass is 9.95. The van der Waals surface area contributed by atoms with Crippen LogP contribution in [0.1, 0.15) is 45.4 Å². The molecule has 2 saturated carbocycles. The Balaban J connectivity index is 1.63. The number of aliphatic hydroxyl groups is 1. The van der Waals surface area contributed by atoms with Crippen LogP contribution in [0.15, 0.2) is 0 Å². The maximum absolute atomic E-state index is 9.80. The van der Waals surface area contributed by atoms with Gasteiger partial charge >= 0.3 is 0 Å². The number of hydrogen-bond acceptors (Lipinski definition) is 1. The first-order valence-electron chi connectivity index (χ1n) is 5.45. The van der Waals surface area contributed by atoms with Crippen LogP contribution in [0.5, 0.6) is 0 Å². The molecule has 0 saturated heterocycles. The second-order valence-corrected chi connectivity index (χ2v) is 4.78. The highest BCUT2D eigenvalue weighted by atomic mass is 16.3. The molecule has 0 spiro atoms. The van der Waals surface area contributed by atoms with Crippen LogP contribution in [0.25, 0.3) is 0 Å². The van der Waals surface area contributed by atoms with E-state index in [0.717, 1.165) is 18.3 Å². The molecule has 0 amide bonds. The van der Waals surface area contributed by atoms with E-state index in [-0.39, 0.29) is 6.10 Å². The molecule has 0 aromatic carbocycles. The molecule has 1 nitrogen and oxygen atoms in total. The highest BCUT2D eigenvalue weighted by molar-refractivity contribution is 4.84. The van der Waals surface area contributed by atoms with Crippen LogP contribution in [0.4, 0.5) is 0 Å². The second kappa shape index (κ2) is 3.37. The van der Waals surface area contributed by atoms with E-state index in [0.29, 0.717) is 5.92 Å². The monoisotopic (exact) mass is 168 g/mol. The molecular formula is C11H20O. The van der Waals surface area contributed by atoms with E-state index in [1.165, 1.54) is 32.1 Å². The van der Waals surface area contributed by atoms with Crippen LogP contribution in [0, 0.1) is 17.8 Å². The van der Waals surface area contributed by atoms with Gasteiger partial charge in [0.2, 0.25) is 0 Å². The quantitative estimate of drug-likeness (QED) is 0.669. The summed E-state index contributed by atoms with van der Waals surface area (Å²) in [5.41, 5.74) is 0. The molecule has 2 aliphatic rings. The minimum absolute atomic E-state index is 0.00176. The Bertz CT molecular complexity index is 147. The minimum Gasteiger partial charge on any atom is -0.393 e. The Morgan fingerprint density at radius 1 is 1.25 bits per heavy atom. The third-order valence-corrected chi connectivity index (χ3v) is 3.54. The van der Waals surface area contributed by atoms with Gasteiger partial charge in [0.15, 0.2) is 0 Å². The zero-order valence-corrected chi connectivity index (χ0v) is 8.00. The lowest BCUT2D eigenvalue weighted by Gasteiger charge is -2.17. The Kier molecular flexibility index (Phi) is 2.40. The van der Waals surface area contributed by atoms with Gasteiger partial charge in [-0.05, 0) is 43.4 Å². The van der Waals surface area contributed by atoms with Crippen molar-refractivity contribution in [1.29, 1.82) is 0 Å². The van der Waals surface area contributed by atoms with Gasteiger partial charge in [0.1, 0.15) is 0 Å². The molecule has 2 aliphatic carbocycles. The van der Waals surface area contributed by atoms with Gasteiger partial charge < -0.3 is 5.11 Å². The highest BCUT2D eigenvalue weighted by Crippen LogP contribution is 2.40. The normalized spacial score (nSPS) is 28.5. The SMILES string of the molecule is CC(C(O)CCC1CC1)C1CC1. The Labute approximate surface area is 75.2 Å². The first-order valence-corrected chi connectivity index (χ1v) is 5.45.